The van der Waals surface area contributed by atoms with Gasteiger partial charge in [0.2, 0.25) is 0 Å². The van der Waals surface area contributed by atoms with Crippen molar-refractivity contribution >= 4 is 22.9 Å². The standard InChI is InChI=1S/C26H22N2O2/c29-24-20-11-5-6-12-21(20)25(30)26(24)16-18-8-4-7-13-22(18)28-15-14-27(17-23(26)28)19-9-2-1-3-10-19/h1-13,23H,14-17H2/t23-/m0/s1. The Kier molecular flexibility index (Phi) is 3.66. The molecule has 3 aromatic carbocycles. The van der Waals surface area contributed by atoms with Crippen molar-refractivity contribution < 1.29 is 9.59 Å². The molecule has 1 fully saturated rings. The van der Waals surface area contributed by atoms with Crippen molar-refractivity contribution in [3.8, 4) is 0 Å². The minimum absolute atomic E-state index is 0.0116. The summed E-state index contributed by atoms with van der Waals surface area (Å²) >= 11 is 0. The van der Waals surface area contributed by atoms with Gasteiger partial charge < -0.3 is 9.80 Å². The van der Waals surface area contributed by atoms with Crippen molar-refractivity contribution in [2.75, 3.05) is 29.4 Å². The van der Waals surface area contributed by atoms with Gasteiger partial charge in [0.05, 0.1) is 6.04 Å². The third kappa shape index (κ3) is 2.22. The number of piperazine rings is 1. The van der Waals surface area contributed by atoms with Gasteiger partial charge in [0, 0.05) is 42.1 Å². The van der Waals surface area contributed by atoms with Crippen molar-refractivity contribution in [2.45, 2.75) is 12.5 Å². The van der Waals surface area contributed by atoms with Crippen molar-refractivity contribution in [2.24, 2.45) is 5.41 Å². The van der Waals surface area contributed by atoms with Crippen LogP contribution in [0.15, 0.2) is 78.9 Å². The number of rotatable bonds is 1. The van der Waals surface area contributed by atoms with Crippen molar-refractivity contribution in [1.82, 2.24) is 0 Å². The van der Waals surface area contributed by atoms with E-state index in [1.54, 1.807) is 0 Å². The largest absolute Gasteiger partial charge is 0.368 e. The Balaban J connectivity index is 1.51. The SMILES string of the molecule is O=C1c2ccccc2C(=O)C12Cc1ccccc1N1CCN(c3ccccc3)C[C@H]12. The number of nitrogens with zero attached hydrogens (tertiary/aromatic N) is 2. The Labute approximate surface area is 175 Å². The van der Waals surface area contributed by atoms with E-state index < -0.39 is 5.41 Å². The summed E-state index contributed by atoms with van der Waals surface area (Å²) in [4.78, 5) is 32.3. The first-order valence-electron chi connectivity index (χ1n) is 10.5. The predicted molar refractivity (Wildman–Crippen MR) is 117 cm³/mol. The fraction of sp³-hybridized carbons (Fsp3) is 0.231. The van der Waals surface area contributed by atoms with Crippen molar-refractivity contribution in [3.05, 3.63) is 95.6 Å². The summed E-state index contributed by atoms with van der Waals surface area (Å²) in [5.74, 6) is -0.0231. The lowest BCUT2D eigenvalue weighted by Crippen LogP contribution is -2.66. The van der Waals surface area contributed by atoms with Gasteiger partial charge in [-0.3, -0.25) is 9.59 Å². The number of ketones is 2. The smallest absolute Gasteiger partial charge is 0.180 e. The average Bonchev–Trinajstić information content (AvgIpc) is 3.02. The molecule has 0 unspecified atom stereocenters. The van der Waals surface area contributed by atoms with Crippen LogP contribution in [0.1, 0.15) is 26.3 Å². The molecule has 3 aliphatic rings. The van der Waals surface area contributed by atoms with Gasteiger partial charge >= 0.3 is 0 Å². The molecule has 0 bridgehead atoms. The van der Waals surface area contributed by atoms with Gasteiger partial charge in [-0.25, -0.2) is 0 Å². The van der Waals surface area contributed by atoms with Crippen LogP contribution >= 0.6 is 0 Å². The van der Waals surface area contributed by atoms with Gasteiger partial charge in [0.15, 0.2) is 11.6 Å². The van der Waals surface area contributed by atoms with Crippen molar-refractivity contribution in [3.63, 3.8) is 0 Å². The molecular formula is C26H22N2O2. The number of hydrogen-bond donors (Lipinski definition) is 0. The number of carbonyl (C=O) groups excluding carboxylic acids is 2. The number of fused-ring (bicyclic) bond motifs is 5. The first-order valence-corrected chi connectivity index (χ1v) is 10.5. The van der Waals surface area contributed by atoms with E-state index in [4.69, 9.17) is 0 Å². The van der Waals surface area contributed by atoms with E-state index in [-0.39, 0.29) is 17.6 Å². The summed E-state index contributed by atoms with van der Waals surface area (Å²) in [7, 11) is 0. The zero-order valence-corrected chi connectivity index (χ0v) is 16.6. The maximum Gasteiger partial charge on any atom is 0.180 e. The molecule has 1 atom stereocenters. The summed E-state index contributed by atoms with van der Waals surface area (Å²) in [6, 6.07) is 25.7. The number of hydrogen-bond acceptors (Lipinski definition) is 4. The van der Waals surface area contributed by atoms with E-state index in [0.29, 0.717) is 24.1 Å². The highest BCUT2D eigenvalue weighted by atomic mass is 16.2. The Morgan fingerprint density at radius 3 is 2.10 bits per heavy atom. The molecule has 0 amide bonds. The molecule has 0 aromatic heterocycles. The van der Waals surface area contributed by atoms with E-state index >= 15 is 0 Å². The molecule has 1 aliphatic carbocycles. The molecule has 0 saturated carbocycles. The van der Waals surface area contributed by atoms with E-state index in [1.807, 2.05) is 54.6 Å². The third-order valence-electron chi connectivity index (χ3n) is 7.07. The summed E-state index contributed by atoms with van der Waals surface area (Å²) in [5, 5.41) is 0. The van der Waals surface area contributed by atoms with E-state index in [1.165, 1.54) is 0 Å². The number of benzene rings is 3. The minimum atomic E-state index is -1.05. The van der Waals surface area contributed by atoms with Gasteiger partial charge in [-0.1, -0.05) is 60.7 Å². The highest BCUT2D eigenvalue weighted by molar-refractivity contribution is 6.30. The minimum Gasteiger partial charge on any atom is -0.368 e. The van der Waals surface area contributed by atoms with Crippen LogP contribution in [0.4, 0.5) is 11.4 Å². The highest BCUT2D eigenvalue weighted by Crippen LogP contribution is 2.50. The first-order chi connectivity index (χ1) is 14.7. The Morgan fingerprint density at radius 2 is 1.37 bits per heavy atom. The van der Waals surface area contributed by atoms with Crippen LogP contribution in [-0.2, 0) is 6.42 Å². The van der Waals surface area contributed by atoms with Crippen LogP contribution in [0.3, 0.4) is 0 Å². The maximum absolute atomic E-state index is 13.8. The van der Waals surface area contributed by atoms with Crippen LogP contribution in [0.2, 0.25) is 0 Å². The number of para-hydroxylation sites is 2. The van der Waals surface area contributed by atoms with Crippen LogP contribution < -0.4 is 9.80 Å². The quantitative estimate of drug-likeness (QED) is 0.585. The lowest BCUT2D eigenvalue weighted by atomic mass is 9.67. The van der Waals surface area contributed by atoms with Crippen LogP contribution in [0.5, 0.6) is 0 Å². The fourth-order valence-electron chi connectivity index (χ4n) is 5.65. The van der Waals surface area contributed by atoms with E-state index in [0.717, 1.165) is 30.0 Å². The van der Waals surface area contributed by atoms with Gasteiger partial charge in [-0.05, 0) is 30.2 Å². The topological polar surface area (TPSA) is 40.6 Å². The summed E-state index contributed by atoms with van der Waals surface area (Å²) < 4.78 is 0. The molecule has 0 radical (unpaired) electrons. The van der Waals surface area contributed by atoms with E-state index in [2.05, 4.69) is 34.1 Å². The maximum atomic E-state index is 13.8. The molecule has 1 saturated heterocycles. The predicted octanol–water partition coefficient (Wildman–Crippen LogP) is 4.00. The molecular weight excluding hydrogens is 372 g/mol. The molecule has 4 nitrogen and oxygen atoms in total. The average molecular weight is 394 g/mol. The van der Waals surface area contributed by atoms with Gasteiger partial charge in [-0.2, -0.15) is 0 Å². The molecule has 1 spiro atoms. The molecule has 0 N–H and O–H groups in total. The highest BCUT2D eigenvalue weighted by Gasteiger charge is 2.61. The zero-order valence-electron chi connectivity index (χ0n) is 16.6. The summed E-state index contributed by atoms with van der Waals surface area (Å²) in [5.41, 5.74) is 3.51. The molecule has 148 valence electrons. The first kappa shape index (κ1) is 17.5. The van der Waals surface area contributed by atoms with Crippen molar-refractivity contribution in [1.29, 1.82) is 0 Å². The van der Waals surface area contributed by atoms with Gasteiger partial charge in [-0.15, -0.1) is 0 Å². The third-order valence-corrected chi connectivity index (χ3v) is 7.07. The van der Waals surface area contributed by atoms with Gasteiger partial charge in [0.25, 0.3) is 0 Å². The fourth-order valence-corrected chi connectivity index (χ4v) is 5.65. The van der Waals surface area contributed by atoms with Crippen LogP contribution in [-0.4, -0.2) is 37.2 Å². The van der Waals surface area contributed by atoms with Crippen LogP contribution in [0.25, 0.3) is 0 Å². The van der Waals surface area contributed by atoms with Gasteiger partial charge in [0.1, 0.15) is 5.41 Å². The van der Waals surface area contributed by atoms with E-state index in [9.17, 15) is 9.59 Å². The normalized spacial score (nSPS) is 21.4. The summed E-state index contributed by atoms with van der Waals surface area (Å²) in [6.07, 6.45) is 0.472. The lowest BCUT2D eigenvalue weighted by Gasteiger charge is -2.53. The monoisotopic (exact) mass is 394 g/mol. The second kappa shape index (κ2) is 6.30. The zero-order chi connectivity index (χ0) is 20.3. The Morgan fingerprint density at radius 1 is 0.733 bits per heavy atom. The molecule has 6 rings (SSSR count). The molecule has 3 aromatic rings. The summed E-state index contributed by atoms with van der Waals surface area (Å²) in [6.45, 7) is 2.30. The van der Waals surface area contributed by atoms with Crippen LogP contribution in [0, 0.1) is 5.41 Å². The molecule has 4 heteroatoms. The number of Topliss-reactive ketones (excluding diaryl/α,β-unsaturated/α-hetero) is 2. The second-order valence-electron chi connectivity index (χ2n) is 8.47. The number of anilines is 2. The Hall–Kier alpha value is -3.40. The Bertz CT molecular complexity index is 1140. The molecule has 2 heterocycles. The molecule has 2 aliphatic heterocycles. The lowest BCUT2D eigenvalue weighted by molar-refractivity contribution is 0.0631. The molecule has 30 heavy (non-hydrogen) atoms. The number of carbonyl (C=O) groups is 2. The second-order valence-corrected chi connectivity index (χ2v) is 8.47.